The molecule has 9 heteroatoms. The van der Waals surface area contributed by atoms with Gasteiger partial charge < -0.3 is 5.32 Å². The Morgan fingerprint density at radius 3 is 3.05 bits per heavy atom. The predicted molar refractivity (Wildman–Crippen MR) is 75.0 cm³/mol. The molecule has 1 N–H and O–H groups in total. The van der Waals surface area contributed by atoms with Gasteiger partial charge in [-0.2, -0.15) is 13.8 Å². The summed E-state index contributed by atoms with van der Waals surface area (Å²) in [5.41, 5.74) is 1.81. The van der Waals surface area contributed by atoms with Gasteiger partial charge in [-0.15, -0.1) is 0 Å². The zero-order chi connectivity index (χ0) is 14.7. The number of pyridine rings is 1. The van der Waals surface area contributed by atoms with E-state index in [-0.39, 0.29) is 5.91 Å². The van der Waals surface area contributed by atoms with Crippen LogP contribution in [0.2, 0.25) is 0 Å². The Balaban J connectivity index is 1.77. The first kappa shape index (κ1) is 13.3. The quantitative estimate of drug-likeness (QED) is 0.763. The van der Waals surface area contributed by atoms with Crippen molar-refractivity contribution in [2.45, 2.75) is 13.5 Å². The number of carbonyl (C=O) groups is 1. The van der Waals surface area contributed by atoms with Crippen LogP contribution in [-0.2, 0) is 6.54 Å². The normalized spacial score (nSPS) is 10.5. The standard InChI is InChI=1S/C12H11N7OS/c1-8-10(18-21-17-8)12(20)15-5-9-3-2-4-14-11(9)19-7-13-6-16-19/h2-4,6-7H,5H2,1H3,(H,15,20). The van der Waals surface area contributed by atoms with Gasteiger partial charge in [0.2, 0.25) is 0 Å². The summed E-state index contributed by atoms with van der Waals surface area (Å²) in [6.07, 6.45) is 4.65. The summed E-state index contributed by atoms with van der Waals surface area (Å²) in [5.74, 6) is 0.373. The second-order valence-electron chi connectivity index (χ2n) is 4.21. The molecule has 0 spiro atoms. The van der Waals surface area contributed by atoms with Crippen LogP contribution in [-0.4, -0.2) is 34.4 Å². The second-order valence-corrected chi connectivity index (χ2v) is 4.74. The molecular formula is C12H11N7OS. The summed E-state index contributed by atoms with van der Waals surface area (Å²) < 4.78 is 9.51. The fourth-order valence-corrected chi connectivity index (χ4v) is 2.34. The number of hydrogen-bond acceptors (Lipinski definition) is 7. The van der Waals surface area contributed by atoms with Crippen molar-refractivity contribution >= 4 is 17.6 Å². The molecule has 0 saturated carbocycles. The minimum Gasteiger partial charge on any atom is -0.346 e. The van der Waals surface area contributed by atoms with Gasteiger partial charge >= 0.3 is 0 Å². The van der Waals surface area contributed by atoms with Crippen LogP contribution in [0.1, 0.15) is 21.7 Å². The molecule has 0 aliphatic rings. The number of nitrogens with one attached hydrogen (secondary N) is 1. The van der Waals surface area contributed by atoms with Crippen LogP contribution in [0, 0.1) is 6.92 Å². The molecule has 21 heavy (non-hydrogen) atoms. The first-order valence-corrected chi connectivity index (χ1v) is 6.85. The van der Waals surface area contributed by atoms with Gasteiger partial charge in [-0.1, -0.05) is 6.07 Å². The number of amides is 1. The van der Waals surface area contributed by atoms with E-state index >= 15 is 0 Å². The van der Waals surface area contributed by atoms with E-state index in [1.54, 1.807) is 30.2 Å². The summed E-state index contributed by atoms with van der Waals surface area (Å²) in [5, 5.41) is 6.86. The largest absolute Gasteiger partial charge is 0.346 e. The fraction of sp³-hybridized carbons (Fsp3) is 0.167. The van der Waals surface area contributed by atoms with E-state index in [0.29, 0.717) is 23.8 Å². The molecule has 0 aliphatic carbocycles. The minimum absolute atomic E-state index is 0.255. The van der Waals surface area contributed by atoms with Gasteiger partial charge in [0.05, 0.1) is 17.4 Å². The van der Waals surface area contributed by atoms with Crippen molar-refractivity contribution in [3.05, 3.63) is 47.9 Å². The van der Waals surface area contributed by atoms with Gasteiger partial charge in [0, 0.05) is 18.3 Å². The van der Waals surface area contributed by atoms with Gasteiger partial charge in [0.25, 0.3) is 5.91 Å². The third-order valence-corrected chi connectivity index (χ3v) is 3.43. The van der Waals surface area contributed by atoms with Crippen molar-refractivity contribution in [2.24, 2.45) is 0 Å². The number of rotatable bonds is 4. The monoisotopic (exact) mass is 301 g/mol. The van der Waals surface area contributed by atoms with Gasteiger partial charge in [-0.05, 0) is 13.0 Å². The summed E-state index contributed by atoms with van der Waals surface area (Å²) >= 11 is 1.02. The van der Waals surface area contributed by atoms with Crippen LogP contribution in [0.15, 0.2) is 31.0 Å². The molecule has 0 unspecified atom stereocenters. The highest BCUT2D eigenvalue weighted by Gasteiger charge is 2.14. The van der Waals surface area contributed by atoms with E-state index in [1.165, 1.54) is 6.33 Å². The highest BCUT2D eigenvalue weighted by Crippen LogP contribution is 2.10. The maximum atomic E-state index is 12.0. The van der Waals surface area contributed by atoms with Crippen molar-refractivity contribution in [2.75, 3.05) is 0 Å². The molecule has 0 saturated heterocycles. The van der Waals surface area contributed by atoms with E-state index in [9.17, 15) is 4.79 Å². The lowest BCUT2D eigenvalue weighted by Crippen LogP contribution is -2.24. The molecule has 8 nitrogen and oxygen atoms in total. The van der Waals surface area contributed by atoms with Crippen molar-refractivity contribution in [1.29, 1.82) is 0 Å². The third-order valence-electron chi connectivity index (χ3n) is 2.81. The van der Waals surface area contributed by atoms with Crippen LogP contribution in [0.5, 0.6) is 0 Å². The summed E-state index contributed by atoms with van der Waals surface area (Å²) in [7, 11) is 0. The van der Waals surface area contributed by atoms with Gasteiger partial charge in [-0.25, -0.2) is 14.6 Å². The zero-order valence-electron chi connectivity index (χ0n) is 11.1. The Morgan fingerprint density at radius 2 is 2.33 bits per heavy atom. The number of hydrogen-bond donors (Lipinski definition) is 1. The van der Waals surface area contributed by atoms with Crippen LogP contribution in [0.4, 0.5) is 0 Å². The van der Waals surface area contributed by atoms with E-state index in [1.807, 2.05) is 6.07 Å². The van der Waals surface area contributed by atoms with Crippen LogP contribution < -0.4 is 5.32 Å². The van der Waals surface area contributed by atoms with E-state index in [0.717, 1.165) is 17.3 Å². The first-order chi connectivity index (χ1) is 10.3. The van der Waals surface area contributed by atoms with Gasteiger partial charge in [-0.3, -0.25) is 4.79 Å². The summed E-state index contributed by atoms with van der Waals surface area (Å²) in [6.45, 7) is 2.07. The number of carbonyl (C=O) groups excluding carboxylic acids is 1. The fourth-order valence-electron chi connectivity index (χ4n) is 1.79. The Morgan fingerprint density at radius 1 is 1.43 bits per heavy atom. The first-order valence-electron chi connectivity index (χ1n) is 6.12. The van der Waals surface area contributed by atoms with Gasteiger partial charge in [0.15, 0.2) is 11.5 Å². The lowest BCUT2D eigenvalue weighted by molar-refractivity contribution is 0.0946. The van der Waals surface area contributed by atoms with Crippen LogP contribution >= 0.6 is 11.7 Å². The Hall–Kier alpha value is -2.68. The maximum Gasteiger partial charge on any atom is 0.273 e. The molecule has 3 heterocycles. The highest BCUT2D eigenvalue weighted by molar-refractivity contribution is 6.99. The van der Waals surface area contributed by atoms with Crippen LogP contribution in [0.25, 0.3) is 5.82 Å². The molecule has 3 aromatic heterocycles. The molecular weight excluding hydrogens is 290 g/mol. The van der Waals surface area contributed by atoms with Crippen molar-refractivity contribution < 1.29 is 4.79 Å². The van der Waals surface area contributed by atoms with E-state index in [4.69, 9.17) is 0 Å². The molecule has 0 atom stereocenters. The molecule has 0 aliphatic heterocycles. The van der Waals surface area contributed by atoms with Crippen molar-refractivity contribution in [3.63, 3.8) is 0 Å². The smallest absolute Gasteiger partial charge is 0.273 e. The van der Waals surface area contributed by atoms with Crippen molar-refractivity contribution in [3.8, 4) is 5.82 Å². The van der Waals surface area contributed by atoms with Crippen LogP contribution in [0.3, 0.4) is 0 Å². The molecule has 0 fully saturated rings. The van der Waals surface area contributed by atoms with E-state index < -0.39 is 0 Å². The Bertz CT molecular complexity index is 753. The molecule has 0 bridgehead atoms. The minimum atomic E-state index is -0.255. The van der Waals surface area contributed by atoms with Gasteiger partial charge in [0.1, 0.15) is 12.7 Å². The zero-order valence-corrected chi connectivity index (χ0v) is 11.9. The second kappa shape index (κ2) is 5.75. The SMILES string of the molecule is Cc1nsnc1C(=O)NCc1cccnc1-n1cncn1. The predicted octanol–water partition coefficient (Wildman–Crippen LogP) is 0.752. The Labute approximate surface area is 124 Å². The molecule has 0 radical (unpaired) electrons. The third kappa shape index (κ3) is 2.77. The maximum absolute atomic E-state index is 12.0. The lowest BCUT2D eigenvalue weighted by Gasteiger charge is -2.08. The molecule has 106 valence electrons. The van der Waals surface area contributed by atoms with E-state index in [2.05, 4.69) is 29.1 Å². The molecule has 0 aromatic carbocycles. The molecule has 3 aromatic rings. The summed E-state index contributed by atoms with van der Waals surface area (Å²) in [6, 6.07) is 3.67. The Kier molecular flexibility index (Phi) is 3.65. The highest BCUT2D eigenvalue weighted by atomic mass is 32.1. The lowest BCUT2D eigenvalue weighted by atomic mass is 10.2. The molecule has 3 rings (SSSR count). The average Bonchev–Trinajstić information content (AvgIpc) is 3.16. The summed E-state index contributed by atoms with van der Waals surface area (Å²) in [4.78, 5) is 20.2. The molecule has 1 amide bonds. The number of nitrogens with zero attached hydrogens (tertiary/aromatic N) is 6. The number of aromatic nitrogens is 6. The topological polar surface area (TPSA) is 98.5 Å². The van der Waals surface area contributed by atoms with Crippen molar-refractivity contribution in [1.82, 2.24) is 33.8 Å². The number of aryl methyl sites for hydroxylation is 1. The average molecular weight is 301 g/mol.